The number of fused-ring (bicyclic) bond motifs is 2. The first-order valence-electron chi connectivity index (χ1n) is 5.60. The van der Waals surface area contributed by atoms with E-state index in [2.05, 4.69) is 6.58 Å². The number of piperidine rings is 1. The van der Waals surface area contributed by atoms with Crippen LogP contribution < -0.4 is 0 Å². The highest BCUT2D eigenvalue weighted by molar-refractivity contribution is 5.85. The maximum Gasteiger partial charge on any atom is 0.345 e. The van der Waals surface area contributed by atoms with Crippen molar-refractivity contribution in [1.29, 1.82) is 0 Å². The van der Waals surface area contributed by atoms with Crippen molar-refractivity contribution < 1.29 is 19.2 Å². The van der Waals surface area contributed by atoms with Gasteiger partial charge in [-0.05, 0) is 12.8 Å². The van der Waals surface area contributed by atoms with E-state index < -0.39 is 6.04 Å². The number of carbonyl (C=O) groups excluding carboxylic acids is 2. The van der Waals surface area contributed by atoms with E-state index in [0.717, 1.165) is 6.42 Å². The van der Waals surface area contributed by atoms with Gasteiger partial charge in [0.25, 0.3) is 0 Å². The third-order valence-corrected chi connectivity index (χ3v) is 3.13. The Morgan fingerprint density at radius 2 is 2.35 bits per heavy atom. The Morgan fingerprint density at radius 1 is 1.59 bits per heavy atom. The molecule has 2 aliphatic heterocycles. The van der Waals surface area contributed by atoms with Crippen molar-refractivity contribution in [3.63, 3.8) is 0 Å². The van der Waals surface area contributed by atoms with Crippen molar-refractivity contribution in [2.24, 2.45) is 0 Å². The number of amides is 2. The molecule has 94 valence electrons. The number of nitrogens with zero attached hydrogens (tertiary/aromatic N) is 2. The van der Waals surface area contributed by atoms with Crippen LogP contribution in [-0.2, 0) is 14.4 Å². The summed E-state index contributed by atoms with van der Waals surface area (Å²) in [7, 11) is 1.33. The Labute approximate surface area is 99.7 Å². The van der Waals surface area contributed by atoms with Crippen molar-refractivity contribution in [3.05, 3.63) is 12.7 Å². The Balaban J connectivity index is 2.08. The molecule has 2 bridgehead atoms. The molecule has 0 aliphatic carbocycles. The minimum absolute atomic E-state index is 0.0309. The smallest absolute Gasteiger partial charge is 0.345 e. The van der Waals surface area contributed by atoms with Gasteiger partial charge in [0, 0.05) is 6.54 Å². The van der Waals surface area contributed by atoms with Gasteiger partial charge in [0.2, 0.25) is 0 Å². The number of methoxy groups -OCH3 is 1. The molecule has 17 heavy (non-hydrogen) atoms. The molecule has 6 heteroatoms. The fraction of sp³-hybridized carbons (Fsp3) is 0.636. The minimum Gasteiger partial charge on any atom is -0.467 e. The lowest BCUT2D eigenvalue weighted by Gasteiger charge is -2.27. The molecule has 6 nitrogen and oxygen atoms in total. The third kappa shape index (κ3) is 2.00. The Morgan fingerprint density at radius 3 is 3.00 bits per heavy atom. The lowest BCUT2D eigenvalue weighted by atomic mass is 10.0. The van der Waals surface area contributed by atoms with Crippen LogP contribution in [0.25, 0.3) is 0 Å². The molecule has 0 saturated carbocycles. The number of esters is 1. The van der Waals surface area contributed by atoms with Crippen LogP contribution >= 0.6 is 0 Å². The zero-order valence-corrected chi connectivity index (χ0v) is 9.80. The monoisotopic (exact) mass is 240 g/mol. The minimum atomic E-state index is -0.471. The van der Waals surface area contributed by atoms with Gasteiger partial charge in [-0.1, -0.05) is 6.08 Å². The molecule has 0 spiro atoms. The molecular weight excluding hydrogens is 224 g/mol. The number of carbonyl (C=O) groups is 2. The number of hydroxylamine groups is 2. The summed E-state index contributed by atoms with van der Waals surface area (Å²) < 4.78 is 4.70. The molecule has 2 rings (SSSR count). The Kier molecular flexibility index (Phi) is 3.33. The molecule has 0 aromatic carbocycles. The lowest BCUT2D eigenvalue weighted by molar-refractivity contribution is -0.146. The second kappa shape index (κ2) is 4.75. The van der Waals surface area contributed by atoms with E-state index in [1.54, 1.807) is 6.08 Å². The zero-order chi connectivity index (χ0) is 12.4. The molecule has 2 heterocycles. The van der Waals surface area contributed by atoms with Gasteiger partial charge in [0.05, 0.1) is 19.8 Å². The zero-order valence-electron chi connectivity index (χ0n) is 9.80. The maximum atomic E-state index is 12.0. The fourth-order valence-electron chi connectivity index (χ4n) is 2.31. The number of urea groups is 1. The lowest BCUT2D eigenvalue weighted by Crippen LogP contribution is -2.45. The van der Waals surface area contributed by atoms with Gasteiger partial charge in [-0.15, -0.1) is 6.58 Å². The first kappa shape index (κ1) is 11.9. The quantitative estimate of drug-likeness (QED) is 0.531. The molecule has 2 amide bonds. The van der Waals surface area contributed by atoms with Crippen LogP contribution in [0.15, 0.2) is 12.7 Å². The van der Waals surface area contributed by atoms with Gasteiger partial charge < -0.3 is 9.64 Å². The van der Waals surface area contributed by atoms with E-state index >= 15 is 0 Å². The normalized spacial score (nSPS) is 27.2. The highest BCUT2D eigenvalue weighted by Gasteiger charge is 2.48. The predicted octanol–water partition coefficient (Wildman–Crippen LogP) is 0.546. The Bertz CT molecular complexity index is 344. The summed E-state index contributed by atoms with van der Waals surface area (Å²) in [5.74, 6) is -0.359. The summed E-state index contributed by atoms with van der Waals surface area (Å²) in [6.07, 6.45) is 2.96. The standard InChI is InChI=1S/C11H16N2O4/c1-3-6-17-13-8-4-5-9(10(14)16-2)12(7-8)11(13)15/h3,8-9H,1,4-7H2,2H3/t8-,9-/m0/s1. The summed E-state index contributed by atoms with van der Waals surface area (Å²) in [5, 5.41) is 1.35. The van der Waals surface area contributed by atoms with Crippen LogP contribution in [0, 0.1) is 0 Å². The van der Waals surface area contributed by atoms with Crippen molar-refractivity contribution >= 4 is 12.0 Å². The molecule has 0 N–H and O–H groups in total. The summed E-state index contributed by atoms with van der Waals surface area (Å²) in [4.78, 5) is 30.4. The van der Waals surface area contributed by atoms with Gasteiger partial charge in [0.15, 0.2) is 0 Å². The average molecular weight is 240 g/mol. The first-order valence-corrected chi connectivity index (χ1v) is 5.60. The molecule has 0 radical (unpaired) electrons. The summed E-state index contributed by atoms with van der Waals surface area (Å²) in [5.41, 5.74) is 0. The van der Waals surface area contributed by atoms with Crippen LogP contribution in [0.1, 0.15) is 12.8 Å². The molecule has 2 atom stereocenters. The molecule has 2 saturated heterocycles. The van der Waals surface area contributed by atoms with Crippen LogP contribution in [0.3, 0.4) is 0 Å². The summed E-state index contributed by atoms with van der Waals surface area (Å²) in [6.45, 7) is 4.35. The largest absolute Gasteiger partial charge is 0.467 e. The van der Waals surface area contributed by atoms with Crippen LogP contribution in [0.4, 0.5) is 4.79 Å². The van der Waals surface area contributed by atoms with Gasteiger partial charge in [-0.3, -0.25) is 4.84 Å². The van der Waals surface area contributed by atoms with Crippen molar-refractivity contribution in [1.82, 2.24) is 9.96 Å². The van der Waals surface area contributed by atoms with Crippen LogP contribution in [0.5, 0.6) is 0 Å². The van der Waals surface area contributed by atoms with E-state index in [4.69, 9.17) is 9.57 Å². The second-order valence-electron chi connectivity index (χ2n) is 4.12. The third-order valence-electron chi connectivity index (χ3n) is 3.13. The van der Waals surface area contributed by atoms with Crippen molar-refractivity contribution in [2.45, 2.75) is 24.9 Å². The van der Waals surface area contributed by atoms with Gasteiger partial charge in [-0.2, -0.15) is 5.06 Å². The molecule has 0 unspecified atom stereocenters. The topological polar surface area (TPSA) is 59.1 Å². The number of hydrogen-bond acceptors (Lipinski definition) is 4. The number of rotatable bonds is 4. The first-order chi connectivity index (χ1) is 8.19. The SMILES string of the molecule is C=CCON1C(=O)N2C[C@@H]1CC[C@H]2C(=O)OC. The van der Waals surface area contributed by atoms with Crippen molar-refractivity contribution in [2.75, 3.05) is 20.3 Å². The average Bonchev–Trinajstić information content (AvgIpc) is 2.59. The highest BCUT2D eigenvalue weighted by Crippen LogP contribution is 2.30. The van der Waals surface area contributed by atoms with E-state index in [-0.39, 0.29) is 18.0 Å². The molecule has 0 aromatic heterocycles. The molecule has 2 fully saturated rings. The molecule has 0 aromatic rings. The highest BCUT2D eigenvalue weighted by atomic mass is 16.7. The second-order valence-corrected chi connectivity index (χ2v) is 4.12. The predicted molar refractivity (Wildman–Crippen MR) is 58.9 cm³/mol. The van der Waals surface area contributed by atoms with Gasteiger partial charge in [-0.25, -0.2) is 9.59 Å². The number of hydrogen-bond donors (Lipinski definition) is 0. The molecule has 2 aliphatic rings. The van der Waals surface area contributed by atoms with Gasteiger partial charge >= 0.3 is 12.0 Å². The van der Waals surface area contributed by atoms with E-state index in [1.807, 2.05) is 0 Å². The van der Waals surface area contributed by atoms with Crippen LogP contribution in [-0.4, -0.2) is 54.3 Å². The number of ether oxygens (including phenoxy) is 1. The summed E-state index contributed by atoms with van der Waals surface area (Å²) in [6, 6.07) is -0.700. The summed E-state index contributed by atoms with van der Waals surface area (Å²) >= 11 is 0. The fourth-order valence-corrected chi connectivity index (χ4v) is 2.31. The van der Waals surface area contributed by atoms with Crippen molar-refractivity contribution in [3.8, 4) is 0 Å². The van der Waals surface area contributed by atoms with E-state index in [0.29, 0.717) is 19.6 Å². The Hall–Kier alpha value is -1.56. The van der Waals surface area contributed by atoms with E-state index in [1.165, 1.54) is 17.1 Å². The van der Waals surface area contributed by atoms with Gasteiger partial charge in [0.1, 0.15) is 6.04 Å². The molecular formula is C11H16N2O4. The maximum absolute atomic E-state index is 12.0. The van der Waals surface area contributed by atoms with E-state index in [9.17, 15) is 9.59 Å². The van der Waals surface area contributed by atoms with Crippen LogP contribution in [0.2, 0.25) is 0 Å².